The zero-order valence-corrected chi connectivity index (χ0v) is 23.4. The number of aliphatic carboxylic acids is 1. The molecule has 2 aliphatic heterocycles. The van der Waals surface area contributed by atoms with Crippen molar-refractivity contribution in [3.63, 3.8) is 0 Å². The van der Waals surface area contributed by atoms with Crippen molar-refractivity contribution in [2.45, 2.75) is 6.04 Å². The Morgan fingerprint density at radius 2 is 1.14 bits per heavy atom. The third-order valence-electron chi connectivity index (χ3n) is 7.39. The molecule has 214 valence electrons. The SMILES string of the molecule is C#C.O=C(O)[C@@H]1CN(C(=O)N(c2ccccc2)c2ccccc2)CCN1C(=O)N1c2ccccc2C=Cc2ccccc21. The Balaban J connectivity index is 0.00000180. The monoisotopic (exact) mass is 570 g/mol. The Bertz CT molecular complexity index is 1580. The molecule has 4 amide bonds. The van der Waals surface area contributed by atoms with E-state index in [9.17, 15) is 19.5 Å². The summed E-state index contributed by atoms with van der Waals surface area (Å²) in [5.74, 6) is -1.17. The summed E-state index contributed by atoms with van der Waals surface area (Å²) in [4.78, 5) is 46.8. The van der Waals surface area contributed by atoms with Gasteiger partial charge in [-0.3, -0.25) is 9.80 Å². The number of carboxylic acids is 1. The number of anilines is 4. The van der Waals surface area contributed by atoms with Crippen LogP contribution in [-0.4, -0.2) is 58.6 Å². The number of para-hydroxylation sites is 4. The van der Waals surface area contributed by atoms with Crippen molar-refractivity contribution in [2.24, 2.45) is 0 Å². The largest absolute Gasteiger partial charge is 0.480 e. The van der Waals surface area contributed by atoms with Gasteiger partial charge in [0.15, 0.2) is 0 Å². The Morgan fingerprint density at radius 3 is 1.63 bits per heavy atom. The zero-order chi connectivity index (χ0) is 30.3. The molecule has 8 nitrogen and oxygen atoms in total. The van der Waals surface area contributed by atoms with Crippen LogP contribution in [0.25, 0.3) is 12.2 Å². The molecule has 0 aliphatic carbocycles. The van der Waals surface area contributed by atoms with E-state index in [-0.39, 0.29) is 25.7 Å². The van der Waals surface area contributed by atoms with Crippen LogP contribution in [0.2, 0.25) is 0 Å². The number of piperazine rings is 1. The summed E-state index contributed by atoms with van der Waals surface area (Å²) in [5.41, 5.74) is 4.36. The molecule has 1 N–H and O–H groups in total. The lowest BCUT2D eigenvalue weighted by Crippen LogP contribution is -2.62. The predicted octanol–water partition coefficient (Wildman–Crippen LogP) is 6.71. The first-order chi connectivity index (χ1) is 21.0. The van der Waals surface area contributed by atoms with Crippen molar-refractivity contribution in [1.82, 2.24) is 9.80 Å². The highest BCUT2D eigenvalue weighted by Crippen LogP contribution is 2.37. The summed E-state index contributed by atoms with van der Waals surface area (Å²) in [7, 11) is 0. The number of carboxylic acid groups (broad SMARTS) is 1. The summed E-state index contributed by atoms with van der Waals surface area (Å²) < 4.78 is 0. The van der Waals surface area contributed by atoms with Crippen molar-refractivity contribution in [1.29, 1.82) is 0 Å². The molecule has 43 heavy (non-hydrogen) atoms. The molecular formula is C35H30N4O4. The standard InChI is InChI=1S/C33H28N4O4.C2H2/c38-31(39)30-23-34(32(40)36(26-13-3-1-4-14-26)27-15-5-2-6-16-27)21-22-35(30)33(41)37-28-17-9-7-11-24(28)19-20-25-12-8-10-18-29(25)37;1-2/h1-20,30H,21-23H2,(H,38,39);1-2H/t30-;/m0./s1. The third kappa shape index (κ3) is 5.69. The fraction of sp³-hybridized carbons (Fsp3) is 0.114. The van der Waals surface area contributed by atoms with Crippen molar-refractivity contribution in [2.75, 3.05) is 29.4 Å². The van der Waals surface area contributed by atoms with Crippen LogP contribution in [-0.2, 0) is 4.79 Å². The number of nitrogens with zero attached hydrogens (tertiary/aromatic N) is 4. The van der Waals surface area contributed by atoms with Gasteiger partial charge in [0.1, 0.15) is 6.04 Å². The molecular weight excluding hydrogens is 540 g/mol. The van der Waals surface area contributed by atoms with Crippen molar-refractivity contribution in [3.8, 4) is 12.8 Å². The molecule has 4 aromatic carbocycles. The van der Waals surface area contributed by atoms with Gasteiger partial charge in [-0.1, -0.05) is 84.9 Å². The zero-order valence-electron chi connectivity index (χ0n) is 23.4. The minimum atomic E-state index is -1.23. The van der Waals surface area contributed by atoms with Gasteiger partial charge in [0.25, 0.3) is 0 Å². The number of amides is 4. The van der Waals surface area contributed by atoms with Crippen LogP contribution in [0.1, 0.15) is 11.1 Å². The molecule has 0 radical (unpaired) electrons. The summed E-state index contributed by atoms with van der Waals surface area (Å²) in [6.07, 6.45) is 11.9. The highest BCUT2D eigenvalue weighted by atomic mass is 16.4. The normalized spacial score (nSPS) is 15.2. The van der Waals surface area contributed by atoms with E-state index in [1.165, 1.54) is 9.80 Å². The van der Waals surface area contributed by atoms with Crippen molar-refractivity contribution < 1.29 is 19.5 Å². The van der Waals surface area contributed by atoms with Crippen LogP contribution >= 0.6 is 0 Å². The van der Waals surface area contributed by atoms with Crippen LogP contribution in [0.4, 0.5) is 32.3 Å². The highest BCUT2D eigenvalue weighted by molar-refractivity contribution is 6.07. The third-order valence-corrected chi connectivity index (χ3v) is 7.39. The molecule has 1 atom stereocenters. The summed E-state index contributed by atoms with van der Waals surface area (Å²) in [6, 6.07) is 31.5. The quantitative estimate of drug-likeness (QED) is 0.278. The van der Waals surface area contributed by atoms with Gasteiger partial charge in [-0.15, -0.1) is 12.8 Å². The predicted molar refractivity (Wildman–Crippen MR) is 169 cm³/mol. The van der Waals surface area contributed by atoms with Crippen molar-refractivity contribution >= 4 is 52.9 Å². The number of hydrogen-bond acceptors (Lipinski definition) is 3. The minimum absolute atomic E-state index is 0.0627. The second kappa shape index (κ2) is 12.8. The number of urea groups is 2. The van der Waals surface area contributed by atoms with E-state index in [2.05, 4.69) is 12.8 Å². The number of carbonyl (C=O) groups is 3. The first kappa shape index (κ1) is 28.7. The van der Waals surface area contributed by atoms with E-state index in [1.54, 1.807) is 9.80 Å². The van der Waals surface area contributed by atoms with Gasteiger partial charge in [-0.25, -0.2) is 14.4 Å². The van der Waals surface area contributed by atoms with Gasteiger partial charge in [0.2, 0.25) is 0 Å². The second-order valence-electron chi connectivity index (χ2n) is 9.85. The lowest BCUT2D eigenvalue weighted by Gasteiger charge is -2.42. The van der Waals surface area contributed by atoms with Gasteiger partial charge in [-0.2, -0.15) is 0 Å². The molecule has 2 heterocycles. The lowest BCUT2D eigenvalue weighted by molar-refractivity contribution is -0.143. The Labute approximate surface area is 250 Å². The van der Waals surface area contributed by atoms with Crippen LogP contribution in [0.5, 0.6) is 0 Å². The molecule has 1 fully saturated rings. The maximum Gasteiger partial charge on any atom is 0.330 e. The Hall–Kier alpha value is -5.81. The smallest absolute Gasteiger partial charge is 0.330 e. The number of fused-ring (bicyclic) bond motifs is 2. The van der Waals surface area contributed by atoms with Gasteiger partial charge in [-0.05, 0) is 47.5 Å². The minimum Gasteiger partial charge on any atom is -0.480 e. The summed E-state index contributed by atoms with van der Waals surface area (Å²) in [5, 5.41) is 10.3. The number of rotatable bonds is 3. The molecule has 1 saturated heterocycles. The molecule has 0 saturated carbocycles. The fourth-order valence-electron chi connectivity index (χ4n) is 5.37. The molecule has 0 aromatic heterocycles. The second-order valence-corrected chi connectivity index (χ2v) is 9.85. The topological polar surface area (TPSA) is 84.4 Å². The molecule has 8 heteroatoms. The van der Waals surface area contributed by atoms with E-state index in [0.29, 0.717) is 22.7 Å². The van der Waals surface area contributed by atoms with Crippen LogP contribution in [0, 0.1) is 12.8 Å². The maximum absolute atomic E-state index is 14.2. The first-order valence-electron chi connectivity index (χ1n) is 13.7. The van der Waals surface area contributed by atoms with E-state index in [0.717, 1.165) is 11.1 Å². The maximum atomic E-state index is 14.2. The number of hydrogen-bond donors (Lipinski definition) is 1. The van der Waals surface area contributed by atoms with Crippen LogP contribution in [0.15, 0.2) is 109 Å². The molecule has 0 bridgehead atoms. The van der Waals surface area contributed by atoms with E-state index in [4.69, 9.17) is 0 Å². The molecule has 4 aromatic rings. The first-order valence-corrected chi connectivity index (χ1v) is 13.7. The number of benzene rings is 4. The van der Waals surface area contributed by atoms with Crippen LogP contribution < -0.4 is 9.80 Å². The summed E-state index contributed by atoms with van der Waals surface area (Å²) >= 11 is 0. The van der Waals surface area contributed by atoms with Gasteiger partial charge >= 0.3 is 18.0 Å². The highest BCUT2D eigenvalue weighted by Gasteiger charge is 2.41. The Morgan fingerprint density at radius 1 is 0.674 bits per heavy atom. The van der Waals surface area contributed by atoms with Gasteiger partial charge in [0.05, 0.1) is 29.3 Å². The fourth-order valence-corrected chi connectivity index (χ4v) is 5.37. The molecule has 0 spiro atoms. The summed E-state index contributed by atoms with van der Waals surface area (Å²) in [6.45, 7) is 0.0958. The van der Waals surface area contributed by atoms with Crippen molar-refractivity contribution in [3.05, 3.63) is 120 Å². The average Bonchev–Trinajstić information content (AvgIpc) is 3.23. The van der Waals surface area contributed by atoms with Gasteiger partial charge < -0.3 is 14.9 Å². The molecule has 0 unspecified atom stereocenters. The van der Waals surface area contributed by atoms with E-state index < -0.39 is 18.0 Å². The Kier molecular flexibility index (Phi) is 8.54. The van der Waals surface area contributed by atoms with E-state index >= 15 is 0 Å². The number of carbonyl (C=O) groups excluding carboxylic acids is 2. The molecule has 6 rings (SSSR count). The van der Waals surface area contributed by atoms with Crippen LogP contribution in [0.3, 0.4) is 0 Å². The molecule has 2 aliphatic rings. The van der Waals surface area contributed by atoms with E-state index in [1.807, 2.05) is 121 Å². The lowest BCUT2D eigenvalue weighted by atomic mass is 10.1. The van der Waals surface area contributed by atoms with Gasteiger partial charge in [0, 0.05) is 13.1 Å². The number of terminal acetylenes is 1. The average molecular weight is 571 g/mol.